The van der Waals surface area contributed by atoms with E-state index < -0.39 is 0 Å². The van der Waals surface area contributed by atoms with Crippen molar-refractivity contribution in [3.8, 4) is 0 Å². The lowest BCUT2D eigenvalue weighted by atomic mass is 10.1. The molecule has 2 fully saturated rings. The van der Waals surface area contributed by atoms with E-state index in [9.17, 15) is 0 Å². The van der Waals surface area contributed by atoms with Gasteiger partial charge in [0.05, 0.1) is 0 Å². The van der Waals surface area contributed by atoms with Gasteiger partial charge in [-0.15, -0.1) is 0 Å². The maximum atomic E-state index is 3.50. The van der Waals surface area contributed by atoms with E-state index in [1.54, 1.807) is 0 Å². The van der Waals surface area contributed by atoms with E-state index in [1.807, 2.05) is 0 Å². The van der Waals surface area contributed by atoms with Crippen molar-refractivity contribution >= 4 is 0 Å². The highest BCUT2D eigenvalue weighted by Crippen LogP contribution is 2.19. The summed E-state index contributed by atoms with van der Waals surface area (Å²) in [6, 6.07) is 1.57. The molecule has 1 N–H and O–H groups in total. The van der Waals surface area contributed by atoms with Crippen LogP contribution in [0.2, 0.25) is 0 Å². The molecule has 0 bridgehead atoms. The lowest BCUT2D eigenvalue weighted by Crippen LogP contribution is -2.40. The molecular formula is C9H18N2. The van der Waals surface area contributed by atoms with Crippen LogP contribution in [0.25, 0.3) is 0 Å². The molecule has 0 aromatic rings. The van der Waals surface area contributed by atoms with Gasteiger partial charge in [-0.2, -0.15) is 0 Å². The van der Waals surface area contributed by atoms with Crippen molar-refractivity contribution in [1.82, 2.24) is 10.2 Å². The van der Waals surface area contributed by atoms with Crippen molar-refractivity contribution in [3.63, 3.8) is 0 Å². The van der Waals surface area contributed by atoms with Crippen molar-refractivity contribution < 1.29 is 0 Å². The van der Waals surface area contributed by atoms with Crippen molar-refractivity contribution in [2.45, 2.75) is 38.3 Å². The summed E-state index contributed by atoms with van der Waals surface area (Å²) < 4.78 is 0. The molecule has 0 aliphatic carbocycles. The van der Waals surface area contributed by atoms with Crippen molar-refractivity contribution in [1.29, 1.82) is 0 Å². The summed E-state index contributed by atoms with van der Waals surface area (Å²) in [4.78, 5) is 2.66. The first kappa shape index (κ1) is 7.56. The third-order valence-electron chi connectivity index (χ3n) is 3.09. The van der Waals surface area contributed by atoms with Gasteiger partial charge in [0.2, 0.25) is 0 Å². The zero-order valence-corrected chi connectivity index (χ0v) is 7.34. The van der Waals surface area contributed by atoms with Crippen molar-refractivity contribution in [2.75, 3.05) is 19.6 Å². The highest BCUT2D eigenvalue weighted by atomic mass is 15.2. The van der Waals surface area contributed by atoms with E-state index >= 15 is 0 Å². The summed E-state index contributed by atoms with van der Waals surface area (Å²) in [5.74, 6) is 0. The number of rotatable bonds is 1. The van der Waals surface area contributed by atoms with Gasteiger partial charge >= 0.3 is 0 Å². The predicted octanol–water partition coefficient (Wildman–Crippen LogP) is 0.833. The molecule has 2 heterocycles. The van der Waals surface area contributed by atoms with Crippen LogP contribution in [0.1, 0.15) is 26.2 Å². The Hall–Kier alpha value is -0.0800. The Bertz CT molecular complexity index is 130. The number of likely N-dealkylation sites (tertiary alicyclic amines) is 1. The molecule has 2 nitrogen and oxygen atoms in total. The van der Waals surface area contributed by atoms with Gasteiger partial charge in [-0.25, -0.2) is 0 Å². The minimum Gasteiger partial charge on any atom is -0.313 e. The summed E-state index contributed by atoms with van der Waals surface area (Å²) in [7, 11) is 0. The number of hydrogen-bond donors (Lipinski definition) is 1. The van der Waals surface area contributed by atoms with E-state index in [1.165, 1.54) is 38.9 Å². The van der Waals surface area contributed by atoms with Crippen molar-refractivity contribution in [3.05, 3.63) is 0 Å². The lowest BCUT2D eigenvalue weighted by molar-refractivity contribution is 0.229. The molecule has 0 saturated carbocycles. The van der Waals surface area contributed by atoms with Gasteiger partial charge < -0.3 is 5.32 Å². The molecule has 2 saturated heterocycles. The van der Waals surface area contributed by atoms with Crippen LogP contribution in [0, 0.1) is 0 Å². The first-order valence-corrected chi connectivity index (χ1v) is 4.85. The van der Waals surface area contributed by atoms with Crippen LogP contribution in [-0.2, 0) is 0 Å². The number of nitrogens with zero attached hydrogens (tertiary/aromatic N) is 1. The summed E-state index contributed by atoms with van der Waals surface area (Å²) in [6.07, 6.45) is 4.20. The van der Waals surface area contributed by atoms with E-state index in [-0.39, 0.29) is 0 Å². The fraction of sp³-hybridized carbons (Fsp3) is 1.00. The minimum atomic E-state index is 0.730. The van der Waals surface area contributed by atoms with E-state index in [0.717, 1.165) is 12.1 Å². The molecule has 2 aliphatic heterocycles. The third-order valence-corrected chi connectivity index (χ3v) is 3.09. The van der Waals surface area contributed by atoms with Crippen LogP contribution in [0.15, 0.2) is 0 Å². The molecular weight excluding hydrogens is 136 g/mol. The van der Waals surface area contributed by atoms with Gasteiger partial charge in [-0.3, -0.25) is 4.90 Å². The standard InChI is InChI=1S/C9H18N2/c1-8-9(4-5-10-8)11-6-2-3-7-11/h8-10H,2-7H2,1H3/t8-,9-/m1/s1. The predicted molar refractivity (Wildman–Crippen MR) is 46.7 cm³/mol. The Morgan fingerprint density at radius 2 is 2.00 bits per heavy atom. The van der Waals surface area contributed by atoms with Gasteiger partial charge in [0, 0.05) is 12.1 Å². The Labute approximate surface area is 69.0 Å². The molecule has 0 amide bonds. The first-order valence-electron chi connectivity index (χ1n) is 4.85. The lowest BCUT2D eigenvalue weighted by Gasteiger charge is -2.26. The monoisotopic (exact) mass is 154 g/mol. The fourth-order valence-corrected chi connectivity index (χ4v) is 2.42. The average molecular weight is 154 g/mol. The van der Waals surface area contributed by atoms with Gasteiger partial charge in [0.15, 0.2) is 0 Å². The SMILES string of the molecule is C[C@H]1NCC[C@H]1N1CCCC1. The highest BCUT2D eigenvalue weighted by Gasteiger charge is 2.29. The summed E-state index contributed by atoms with van der Waals surface area (Å²) in [5, 5.41) is 3.50. The van der Waals surface area contributed by atoms with Gasteiger partial charge in [0.1, 0.15) is 0 Å². The van der Waals surface area contributed by atoms with Crippen molar-refractivity contribution in [2.24, 2.45) is 0 Å². The second-order valence-electron chi connectivity index (χ2n) is 3.84. The van der Waals surface area contributed by atoms with Crippen LogP contribution in [0.5, 0.6) is 0 Å². The van der Waals surface area contributed by atoms with E-state index in [0.29, 0.717) is 0 Å². The average Bonchev–Trinajstić information content (AvgIpc) is 2.55. The molecule has 11 heavy (non-hydrogen) atoms. The topological polar surface area (TPSA) is 15.3 Å². The Morgan fingerprint density at radius 3 is 2.55 bits per heavy atom. The van der Waals surface area contributed by atoms with E-state index in [4.69, 9.17) is 0 Å². The number of hydrogen-bond acceptors (Lipinski definition) is 2. The normalized spacial score (nSPS) is 40.1. The fourth-order valence-electron chi connectivity index (χ4n) is 2.42. The quantitative estimate of drug-likeness (QED) is 0.602. The Balaban J connectivity index is 1.92. The second kappa shape index (κ2) is 3.11. The molecule has 0 aromatic heterocycles. The van der Waals surface area contributed by atoms with Gasteiger partial charge in [-0.1, -0.05) is 0 Å². The molecule has 0 spiro atoms. The Morgan fingerprint density at radius 1 is 1.27 bits per heavy atom. The summed E-state index contributed by atoms with van der Waals surface area (Å²) >= 11 is 0. The molecule has 0 radical (unpaired) electrons. The summed E-state index contributed by atoms with van der Waals surface area (Å²) in [5.41, 5.74) is 0. The molecule has 64 valence electrons. The van der Waals surface area contributed by atoms with Crippen LogP contribution in [0.3, 0.4) is 0 Å². The largest absolute Gasteiger partial charge is 0.313 e. The summed E-state index contributed by atoms with van der Waals surface area (Å²) in [6.45, 7) is 6.23. The second-order valence-corrected chi connectivity index (χ2v) is 3.84. The molecule has 2 atom stereocenters. The number of nitrogens with one attached hydrogen (secondary N) is 1. The zero-order chi connectivity index (χ0) is 7.68. The maximum Gasteiger partial charge on any atom is 0.0258 e. The molecule has 2 rings (SSSR count). The molecule has 0 aromatic carbocycles. The zero-order valence-electron chi connectivity index (χ0n) is 7.34. The van der Waals surface area contributed by atoms with Crippen LogP contribution >= 0.6 is 0 Å². The minimum absolute atomic E-state index is 0.730. The third kappa shape index (κ3) is 1.42. The van der Waals surface area contributed by atoms with E-state index in [2.05, 4.69) is 17.1 Å². The van der Waals surface area contributed by atoms with Crippen LogP contribution in [0.4, 0.5) is 0 Å². The van der Waals surface area contributed by atoms with Gasteiger partial charge in [-0.05, 0) is 45.8 Å². The molecule has 2 aliphatic rings. The molecule has 2 heteroatoms. The van der Waals surface area contributed by atoms with Crippen LogP contribution < -0.4 is 5.32 Å². The highest BCUT2D eigenvalue weighted by molar-refractivity contribution is 4.89. The van der Waals surface area contributed by atoms with Gasteiger partial charge in [0.25, 0.3) is 0 Å². The first-order chi connectivity index (χ1) is 5.38. The van der Waals surface area contributed by atoms with Crippen LogP contribution in [-0.4, -0.2) is 36.6 Å². The smallest absolute Gasteiger partial charge is 0.0258 e. The maximum absolute atomic E-state index is 3.50. The Kier molecular flexibility index (Phi) is 2.14. The molecule has 0 unspecified atom stereocenters.